The van der Waals surface area contributed by atoms with E-state index in [1.54, 1.807) is 0 Å². The SMILES string of the molecule is CC(C)(CN)NC(=O)c1cncnc1. The van der Waals surface area contributed by atoms with Gasteiger partial charge in [0.05, 0.1) is 5.56 Å². The van der Waals surface area contributed by atoms with Crippen LogP contribution >= 0.6 is 0 Å². The van der Waals surface area contributed by atoms with E-state index in [0.717, 1.165) is 0 Å². The predicted molar refractivity (Wildman–Crippen MR) is 52.6 cm³/mol. The highest BCUT2D eigenvalue weighted by Crippen LogP contribution is 2.01. The monoisotopic (exact) mass is 194 g/mol. The Bertz CT molecular complexity index is 310. The van der Waals surface area contributed by atoms with Crippen molar-refractivity contribution in [2.24, 2.45) is 5.73 Å². The summed E-state index contributed by atoms with van der Waals surface area (Å²) in [7, 11) is 0. The molecule has 1 amide bonds. The van der Waals surface area contributed by atoms with Gasteiger partial charge in [0.1, 0.15) is 6.33 Å². The number of rotatable bonds is 3. The molecule has 0 spiro atoms. The highest BCUT2D eigenvalue weighted by atomic mass is 16.1. The van der Waals surface area contributed by atoms with Gasteiger partial charge in [-0.05, 0) is 13.8 Å². The third kappa shape index (κ3) is 2.77. The summed E-state index contributed by atoms with van der Waals surface area (Å²) in [6.07, 6.45) is 4.31. The minimum atomic E-state index is -0.410. The van der Waals surface area contributed by atoms with Crippen LogP contribution in [0, 0.1) is 0 Å². The number of hydrogen-bond donors (Lipinski definition) is 2. The molecule has 0 aliphatic rings. The van der Waals surface area contributed by atoms with E-state index in [1.165, 1.54) is 18.7 Å². The smallest absolute Gasteiger partial charge is 0.254 e. The number of carbonyl (C=O) groups excluding carboxylic acids is 1. The molecule has 0 atom stereocenters. The van der Waals surface area contributed by atoms with Crippen molar-refractivity contribution in [3.63, 3.8) is 0 Å². The molecule has 1 rings (SSSR count). The quantitative estimate of drug-likeness (QED) is 0.706. The zero-order chi connectivity index (χ0) is 10.6. The number of aromatic nitrogens is 2. The van der Waals surface area contributed by atoms with Gasteiger partial charge in [0.2, 0.25) is 0 Å². The number of carbonyl (C=O) groups is 1. The maximum atomic E-state index is 11.6. The zero-order valence-electron chi connectivity index (χ0n) is 8.32. The van der Waals surface area contributed by atoms with E-state index in [0.29, 0.717) is 12.1 Å². The maximum absolute atomic E-state index is 11.6. The summed E-state index contributed by atoms with van der Waals surface area (Å²) in [6.45, 7) is 4.09. The molecular formula is C9H14N4O. The molecule has 0 saturated heterocycles. The summed E-state index contributed by atoms with van der Waals surface area (Å²) >= 11 is 0. The Kier molecular flexibility index (Phi) is 3.14. The van der Waals surface area contributed by atoms with Gasteiger partial charge in [-0.1, -0.05) is 0 Å². The lowest BCUT2D eigenvalue weighted by Gasteiger charge is -2.23. The molecule has 0 bridgehead atoms. The van der Waals surface area contributed by atoms with Crippen LogP contribution in [0.25, 0.3) is 0 Å². The van der Waals surface area contributed by atoms with Crippen LogP contribution in [0.15, 0.2) is 18.7 Å². The Morgan fingerprint density at radius 2 is 2.07 bits per heavy atom. The second-order valence-electron chi connectivity index (χ2n) is 3.67. The minimum Gasteiger partial charge on any atom is -0.346 e. The average Bonchev–Trinajstić information content (AvgIpc) is 2.19. The van der Waals surface area contributed by atoms with Gasteiger partial charge < -0.3 is 11.1 Å². The molecule has 1 heterocycles. The summed E-state index contributed by atoms with van der Waals surface area (Å²) in [5.41, 5.74) is 5.52. The molecule has 0 aliphatic carbocycles. The van der Waals surface area contributed by atoms with E-state index >= 15 is 0 Å². The first-order valence-corrected chi connectivity index (χ1v) is 4.33. The van der Waals surface area contributed by atoms with Gasteiger partial charge in [0.25, 0.3) is 5.91 Å². The van der Waals surface area contributed by atoms with Crippen LogP contribution in [0.2, 0.25) is 0 Å². The number of nitrogens with two attached hydrogens (primary N) is 1. The Hall–Kier alpha value is -1.49. The van der Waals surface area contributed by atoms with Crippen molar-refractivity contribution in [1.82, 2.24) is 15.3 Å². The van der Waals surface area contributed by atoms with Gasteiger partial charge in [0.15, 0.2) is 0 Å². The second-order valence-corrected chi connectivity index (χ2v) is 3.67. The van der Waals surface area contributed by atoms with Crippen molar-refractivity contribution in [3.05, 3.63) is 24.3 Å². The molecule has 76 valence electrons. The van der Waals surface area contributed by atoms with Crippen molar-refractivity contribution in [3.8, 4) is 0 Å². The molecule has 1 aromatic heterocycles. The molecule has 5 heteroatoms. The Balaban J connectivity index is 2.69. The van der Waals surface area contributed by atoms with E-state index in [4.69, 9.17) is 5.73 Å². The van der Waals surface area contributed by atoms with Crippen LogP contribution in [-0.4, -0.2) is 28.0 Å². The topological polar surface area (TPSA) is 80.9 Å². The molecule has 0 fully saturated rings. The second kappa shape index (κ2) is 4.15. The van der Waals surface area contributed by atoms with Crippen LogP contribution in [-0.2, 0) is 0 Å². The van der Waals surface area contributed by atoms with Gasteiger partial charge >= 0.3 is 0 Å². The number of nitrogens with one attached hydrogen (secondary N) is 1. The molecule has 0 unspecified atom stereocenters. The summed E-state index contributed by atoms with van der Waals surface area (Å²) in [5.74, 6) is -0.207. The van der Waals surface area contributed by atoms with Crippen LogP contribution in [0.1, 0.15) is 24.2 Å². The summed E-state index contributed by atoms with van der Waals surface area (Å²) in [4.78, 5) is 19.1. The Morgan fingerprint density at radius 1 is 1.50 bits per heavy atom. The Labute approximate surface area is 82.7 Å². The largest absolute Gasteiger partial charge is 0.346 e. The van der Waals surface area contributed by atoms with Crippen molar-refractivity contribution in [2.45, 2.75) is 19.4 Å². The first-order chi connectivity index (χ1) is 6.55. The van der Waals surface area contributed by atoms with E-state index in [-0.39, 0.29) is 5.91 Å². The van der Waals surface area contributed by atoms with E-state index < -0.39 is 5.54 Å². The fourth-order valence-corrected chi connectivity index (χ4v) is 0.847. The average molecular weight is 194 g/mol. The van der Waals surface area contributed by atoms with E-state index in [2.05, 4.69) is 15.3 Å². The van der Waals surface area contributed by atoms with Crippen LogP contribution in [0.3, 0.4) is 0 Å². The van der Waals surface area contributed by atoms with Crippen LogP contribution < -0.4 is 11.1 Å². The van der Waals surface area contributed by atoms with Gasteiger partial charge in [-0.25, -0.2) is 9.97 Å². The van der Waals surface area contributed by atoms with Gasteiger partial charge in [-0.2, -0.15) is 0 Å². The number of amides is 1. The van der Waals surface area contributed by atoms with Gasteiger partial charge in [-0.3, -0.25) is 4.79 Å². The molecule has 3 N–H and O–H groups in total. The number of nitrogens with zero attached hydrogens (tertiary/aromatic N) is 2. The first kappa shape index (κ1) is 10.6. The molecule has 0 aliphatic heterocycles. The van der Waals surface area contributed by atoms with Crippen LogP contribution in [0.4, 0.5) is 0 Å². The molecule has 0 radical (unpaired) electrons. The predicted octanol–water partition coefficient (Wildman–Crippen LogP) is -0.0563. The third-order valence-corrected chi connectivity index (χ3v) is 1.78. The lowest BCUT2D eigenvalue weighted by molar-refractivity contribution is 0.0915. The fourth-order valence-electron chi connectivity index (χ4n) is 0.847. The summed E-state index contributed by atoms with van der Waals surface area (Å²) in [6, 6.07) is 0. The van der Waals surface area contributed by atoms with E-state index in [9.17, 15) is 4.79 Å². The zero-order valence-corrected chi connectivity index (χ0v) is 8.32. The van der Waals surface area contributed by atoms with Crippen molar-refractivity contribution < 1.29 is 4.79 Å². The minimum absolute atomic E-state index is 0.207. The molecular weight excluding hydrogens is 180 g/mol. The summed E-state index contributed by atoms with van der Waals surface area (Å²) < 4.78 is 0. The number of hydrogen-bond acceptors (Lipinski definition) is 4. The van der Waals surface area contributed by atoms with Crippen molar-refractivity contribution >= 4 is 5.91 Å². The molecule has 0 aromatic carbocycles. The molecule has 14 heavy (non-hydrogen) atoms. The Morgan fingerprint density at radius 3 is 2.57 bits per heavy atom. The van der Waals surface area contributed by atoms with Crippen molar-refractivity contribution in [1.29, 1.82) is 0 Å². The third-order valence-electron chi connectivity index (χ3n) is 1.78. The molecule has 0 saturated carbocycles. The lowest BCUT2D eigenvalue weighted by Crippen LogP contribution is -2.48. The summed E-state index contributed by atoms with van der Waals surface area (Å²) in [5, 5.41) is 2.78. The fraction of sp³-hybridized carbons (Fsp3) is 0.444. The first-order valence-electron chi connectivity index (χ1n) is 4.33. The van der Waals surface area contributed by atoms with E-state index in [1.807, 2.05) is 13.8 Å². The highest BCUT2D eigenvalue weighted by molar-refractivity contribution is 5.94. The van der Waals surface area contributed by atoms with Gasteiger partial charge in [0, 0.05) is 24.5 Å². The van der Waals surface area contributed by atoms with Crippen molar-refractivity contribution in [2.75, 3.05) is 6.54 Å². The van der Waals surface area contributed by atoms with Gasteiger partial charge in [-0.15, -0.1) is 0 Å². The molecule has 5 nitrogen and oxygen atoms in total. The maximum Gasteiger partial charge on any atom is 0.254 e. The standard InChI is InChI=1S/C9H14N4O/c1-9(2,5-10)13-8(14)7-3-11-6-12-4-7/h3-4,6H,5,10H2,1-2H3,(H,13,14). The lowest BCUT2D eigenvalue weighted by atomic mass is 10.1. The molecule has 1 aromatic rings. The van der Waals surface area contributed by atoms with Crippen LogP contribution in [0.5, 0.6) is 0 Å². The highest BCUT2D eigenvalue weighted by Gasteiger charge is 2.19. The normalized spacial score (nSPS) is 11.1.